The molecule has 1 fully saturated rings. The van der Waals surface area contributed by atoms with Gasteiger partial charge in [-0.1, -0.05) is 38.5 Å². The van der Waals surface area contributed by atoms with E-state index in [2.05, 4.69) is 20.8 Å². The molecule has 1 aliphatic rings. The SMILES string of the molecule is Cc1ccc(S(=O)(=O)N2C[C@]2(C)C(C)(C)C)cc1. The molecule has 2 atom stereocenters. The van der Waals surface area contributed by atoms with Gasteiger partial charge in [-0.3, -0.25) is 0 Å². The lowest BCUT2D eigenvalue weighted by Crippen LogP contribution is -2.33. The highest BCUT2D eigenvalue weighted by Gasteiger charge is 2.61. The summed E-state index contributed by atoms with van der Waals surface area (Å²) >= 11 is 0. The van der Waals surface area contributed by atoms with Crippen molar-refractivity contribution in [2.75, 3.05) is 6.54 Å². The van der Waals surface area contributed by atoms with E-state index >= 15 is 0 Å². The molecule has 18 heavy (non-hydrogen) atoms. The minimum Gasteiger partial charge on any atom is -0.207 e. The molecule has 100 valence electrons. The second-order valence-electron chi connectivity index (χ2n) is 6.35. The minimum absolute atomic E-state index is 0.0508. The van der Waals surface area contributed by atoms with Gasteiger partial charge in [0.2, 0.25) is 10.0 Å². The van der Waals surface area contributed by atoms with E-state index in [0.717, 1.165) is 5.56 Å². The average molecular weight is 267 g/mol. The second-order valence-corrected chi connectivity index (χ2v) is 8.21. The molecule has 1 aliphatic heterocycles. The summed E-state index contributed by atoms with van der Waals surface area (Å²) in [6, 6.07) is 7.05. The predicted octanol–water partition coefficient (Wildman–Crippen LogP) is 2.80. The molecule has 0 aliphatic carbocycles. The van der Waals surface area contributed by atoms with Gasteiger partial charge in [0, 0.05) is 6.54 Å². The van der Waals surface area contributed by atoms with Crippen LogP contribution in [0.1, 0.15) is 33.3 Å². The first-order valence-corrected chi connectivity index (χ1v) is 7.62. The summed E-state index contributed by atoms with van der Waals surface area (Å²) in [5, 5.41) is 0. The van der Waals surface area contributed by atoms with Gasteiger partial charge in [-0.25, -0.2) is 8.42 Å². The maximum atomic E-state index is 12.5. The van der Waals surface area contributed by atoms with Crippen LogP contribution in [-0.2, 0) is 10.0 Å². The zero-order valence-corrected chi connectivity index (χ0v) is 12.5. The number of aryl methyl sites for hydroxylation is 1. The highest BCUT2D eigenvalue weighted by Crippen LogP contribution is 2.49. The topological polar surface area (TPSA) is 37.1 Å². The second kappa shape index (κ2) is 3.81. The van der Waals surface area contributed by atoms with Crippen LogP contribution in [-0.4, -0.2) is 24.8 Å². The van der Waals surface area contributed by atoms with Gasteiger partial charge in [-0.2, -0.15) is 4.31 Å². The van der Waals surface area contributed by atoms with Crippen molar-refractivity contribution >= 4 is 10.0 Å². The number of hydrogen-bond acceptors (Lipinski definition) is 2. The van der Waals surface area contributed by atoms with Crippen molar-refractivity contribution in [3.63, 3.8) is 0 Å². The molecule has 0 amide bonds. The molecule has 1 heterocycles. The third kappa shape index (κ3) is 1.97. The van der Waals surface area contributed by atoms with E-state index in [1.54, 1.807) is 16.4 Å². The van der Waals surface area contributed by atoms with E-state index in [-0.39, 0.29) is 11.0 Å². The van der Waals surface area contributed by atoms with Crippen molar-refractivity contribution < 1.29 is 8.42 Å². The van der Waals surface area contributed by atoms with E-state index in [9.17, 15) is 8.42 Å². The molecule has 1 unspecified atom stereocenters. The zero-order valence-electron chi connectivity index (χ0n) is 11.7. The molecule has 0 bridgehead atoms. The molecule has 0 saturated carbocycles. The summed E-state index contributed by atoms with van der Waals surface area (Å²) in [5.41, 5.74) is 0.750. The normalized spacial score (nSPS) is 28.2. The molecule has 1 saturated heterocycles. The van der Waals surface area contributed by atoms with Gasteiger partial charge in [0.05, 0.1) is 10.4 Å². The van der Waals surface area contributed by atoms with Gasteiger partial charge in [0.15, 0.2) is 0 Å². The standard InChI is InChI=1S/C14H21NO2S/c1-11-6-8-12(9-7-11)18(16,17)15-10-14(15,5)13(2,3)4/h6-9H,10H2,1-5H3/t14-,15?/m1/s1. The summed E-state index contributed by atoms with van der Waals surface area (Å²) in [6.45, 7) is 10.8. The number of nitrogens with zero attached hydrogens (tertiary/aromatic N) is 1. The summed E-state index contributed by atoms with van der Waals surface area (Å²) in [5.74, 6) is 0. The number of benzene rings is 1. The highest BCUT2D eigenvalue weighted by molar-refractivity contribution is 7.89. The van der Waals surface area contributed by atoms with Gasteiger partial charge in [-0.15, -0.1) is 0 Å². The zero-order chi connectivity index (χ0) is 13.8. The van der Waals surface area contributed by atoms with E-state index in [0.29, 0.717) is 11.4 Å². The van der Waals surface area contributed by atoms with Crippen LogP contribution in [0, 0.1) is 12.3 Å². The largest absolute Gasteiger partial charge is 0.243 e. The van der Waals surface area contributed by atoms with Gasteiger partial charge in [0.25, 0.3) is 0 Å². The summed E-state index contributed by atoms with van der Waals surface area (Å²) < 4.78 is 26.6. The molecule has 1 aromatic carbocycles. The first-order valence-electron chi connectivity index (χ1n) is 6.18. The third-order valence-electron chi connectivity index (χ3n) is 4.12. The van der Waals surface area contributed by atoms with Crippen molar-refractivity contribution in [2.24, 2.45) is 5.41 Å². The van der Waals surface area contributed by atoms with E-state index < -0.39 is 10.0 Å². The van der Waals surface area contributed by atoms with Gasteiger partial charge >= 0.3 is 0 Å². The Morgan fingerprint density at radius 3 is 2.06 bits per heavy atom. The van der Waals surface area contributed by atoms with Crippen LogP contribution < -0.4 is 0 Å². The Bertz CT molecular complexity index is 554. The molecule has 0 radical (unpaired) electrons. The molecular weight excluding hydrogens is 246 g/mol. The van der Waals surface area contributed by atoms with E-state index in [4.69, 9.17) is 0 Å². The van der Waals surface area contributed by atoms with Crippen LogP contribution in [0.2, 0.25) is 0 Å². The Morgan fingerprint density at radius 2 is 1.67 bits per heavy atom. The summed E-state index contributed by atoms with van der Waals surface area (Å²) in [4.78, 5) is 0.390. The van der Waals surface area contributed by atoms with Crippen LogP contribution in [0.25, 0.3) is 0 Å². The van der Waals surface area contributed by atoms with Crippen molar-refractivity contribution in [3.8, 4) is 0 Å². The average Bonchev–Trinajstić information content (AvgIpc) is 2.93. The Hall–Kier alpha value is -0.870. The lowest BCUT2D eigenvalue weighted by atomic mass is 9.82. The van der Waals surface area contributed by atoms with Crippen LogP contribution in [0.15, 0.2) is 29.2 Å². The van der Waals surface area contributed by atoms with Crippen LogP contribution >= 0.6 is 0 Å². The Balaban J connectivity index is 2.33. The van der Waals surface area contributed by atoms with E-state index in [1.807, 2.05) is 26.0 Å². The fraction of sp³-hybridized carbons (Fsp3) is 0.571. The first kappa shape index (κ1) is 13.6. The lowest BCUT2D eigenvalue weighted by Gasteiger charge is -2.27. The molecule has 4 heteroatoms. The maximum Gasteiger partial charge on any atom is 0.243 e. The predicted molar refractivity (Wildman–Crippen MR) is 72.9 cm³/mol. The van der Waals surface area contributed by atoms with Crippen molar-refractivity contribution in [2.45, 2.75) is 45.1 Å². The third-order valence-corrected chi connectivity index (χ3v) is 6.10. The molecule has 0 spiro atoms. The Kier molecular flexibility index (Phi) is 2.87. The van der Waals surface area contributed by atoms with Crippen LogP contribution in [0.5, 0.6) is 0 Å². The molecule has 3 nitrogen and oxygen atoms in total. The van der Waals surface area contributed by atoms with E-state index in [1.165, 1.54) is 0 Å². The van der Waals surface area contributed by atoms with Gasteiger partial charge in [0.1, 0.15) is 0 Å². The van der Waals surface area contributed by atoms with Crippen LogP contribution in [0.3, 0.4) is 0 Å². The van der Waals surface area contributed by atoms with Gasteiger partial charge < -0.3 is 0 Å². The highest BCUT2D eigenvalue weighted by atomic mass is 32.2. The smallest absolute Gasteiger partial charge is 0.207 e. The summed E-state index contributed by atoms with van der Waals surface area (Å²) in [6.07, 6.45) is 0. The quantitative estimate of drug-likeness (QED) is 0.773. The minimum atomic E-state index is -3.34. The van der Waals surface area contributed by atoms with Gasteiger partial charge in [-0.05, 0) is 31.4 Å². The first-order chi connectivity index (χ1) is 8.09. The maximum absolute atomic E-state index is 12.5. The molecule has 0 aromatic heterocycles. The Morgan fingerprint density at radius 1 is 1.17 bits per heavy atom. The fourth-order valence-corrected chi connectivity index (χ4v) is 4.00. The van der Waals surface area contributed by atoms with Crippen molar-refractivity contribution in [3.05, 3.63) is 29.8 Å². The number of rotatable bonds is 2. The Labute approximate surface area is 110 Å². The molecule has 0 N–H and O–H groups in total. The van der Waals surface area contributed by atoms with Crippen molar-refractivity contribution in [1.29, 1.82) is 0 Å². The lowest BCUT2D eigenvalue weighted by molar-refractivity contribution is 0.275. The summed E-state index contributed by atoms with van der Waals surface area (Å²) in [7, 11) is -3.34. The fourth-order valence-electron chi connectivity index (χ4n) is 2.04. The van der Waals surface area contributed by atoms with Crippen molar-refractivity contribution in [1.82, 2.24) is 4.31 Å². The van der Waals surface area contributed by atoms with Crippen LogP contribution in [0.4, 0.5) is 0 Å². The molecular formula is C14H21NO2S. The molecule has 2 rings (SSSR count). The molecule has 1 aromatic rings. The monoisotopic (exact) mass is 267 g/mol. The number of hydrogen-bond donors (Lipinski definition) is 0. The number of sulfonamides is 1.